The van der Waals surface area contributed by atoms with E-state index >= 15 is 0 Å². The third-order valence-corrected chi connectivity index (χ3v) is 4.24. The maximum absolute atomic E-state index is 12.7. The first kappa shape index (κ1) is 16.6. The second-order valence-electron chi connectivity index (χ2n) is 6.33. The van der Waals surface area contributed by atoms with Crippen LogP contribution in [0.5, 0.6) is 0 Å². The van der Waals surface area contributed by atoms with Crippen molar-refractivity contribution in [2.75, 3.05) is 6.54 Å². The lowest BCUT2D eigenvalue weighted by Crippen LogP contribution is -2.46. The summed E-state index contributed by atoms with van der Waals surface area (Å²) in [7, 11) is 1.99. The Bertz CT molecular complexity index is 532. The molecule has 1 fully saturated rings. The van der Waals surface area contributed by atoms with Crippen molar-refractivity contribution >= 4 is 11.8 Å². The zero-order chi connectivity index (χ0) is 16.3. The van der Waals surface area contributed by atoms with Crippen molar-refractivity contribution in [3.05, 3.63) is 24.0 Å². The molecule has 0 saturated heterocycles. The molecule has 0 spiro atoms. The first-order chi connectivity index (χ1) is 10.4. The van der Waals surface area contributed by atoms with Crippen LogP contribution in [-0.4, -0.2) is 44.8 Å². The number of hydrogen-bond donors (Lipinski definition) is 0. The summed E-state index contributed by atoms with van der Waals surface area (Å²) >= 11 is 0. The van der Waals surface area contributed by atoms with Crippen LogP contribution in [0.2, 0.25) is 0 Å². The molecular weight excluding hydrogens is 278 g/mol. The van der Waals surface area contributed by atoms with E-state index < -0.39 is 0 Å². The van der Waals surface area contributed by atoms with E-state index in [4.69, 9.17) is 0 Å². The van der Waals surface area contributed by atoms with Gasteiger partial charge < -0.3 is 14.4 Å². The second-order valence-corrected chi connectivity index (χ2v) is 6.33. The van der Waals surface area contributed by atoms with E-state index in [0.29, 0.717) is 19.0 Å². The molecule has 0 radical (unpaired) electrons. The van der Waals surface area contributed by atoms with Gasteiger partial charge in [0.05, 0.1) is 13.1 Å². The summed E-state index contributed by atoms with van der Waals surface area (Å²) in [6.07, 6.45) is 4.57. The molecule has 0 aliphatic heterocycles. The Balaban J connectivity index is 2.06. The summed E-state index contributed by atoms with van der Waals surface area (Å²) in [6.45, 7) is 6.56. The fourth-order valence-corrected chi connectivity index (χ4v) is 2.64. The highest BCUT2D eigenvalue weighted by Gasteiger charge is 2.34. The zero-order valence-corrected chi connectivity index (χ0v) is 14.1. The van der Waals surface area contributed by atoms with Gasteiger partial charge >= 0.3 is 0 Å². The molecule has 0 unspecified atom stereocenters. The molecule has 1 saturated carbocycles. The topological polar surface area (TPSA) is 45.6 Å². The molecule has 0 bridgehead atoms. The van der Waals surface area contributed by atoms with Crippen LogP contribution >= 0.6 is 0 Å². The number of nitrogens with zero attached hydrogens (tertiary/aromatic N) is 3. The van der Waals surface area contributed by atoms with Crippen LogP contribution in [-0.2, 0) is 23.2 Å². The first-order valence-corrected chi connectivity index (χ1v) is 8.13. The maximum atomic E-state index is 12.7. The van der Waals surface area contributed by atoms with Gasteiger partial charge in [-0.15, -0.1) is 0 Å². The van der Waals surface area contributed by atoms with Crippen LogP contribution in [0.1, 0.15) is 45.7 Å². The van der Waals surface area contributed by atoms with E-state index in [-0.39, 0.29) is 24.4 Å². The van der Waals surface area contributed by atoms with Gasteiger partial charge in [0, 0.05) is 37.4 Å². The van der Waals surface area contributed by atoms with Crippen molar-refractivity contribution in [1.29, 1.82) is 0 Å². The van der Waals surface area contributed by atoms with Gasteiger partial charge in [0.1, 0.15) is 0 Å². The number of carbonyl (C=O) groups excluding carboxylic acids is 2. The van der Waals surface area contributed by atoms with E-state index in [1.807, 2.05) is 55.6 Å². The van der Waals surface area contributed by atoms with Crippen LogP contribution < -0.4 is 0 Å². The van der Waals surface area contributed by atoms with Crippen molar-refractivity contribution in [2.45, 2.75) is 58.7 Å². The molecule has 1 aliphatic rings. The van der Waals surface area contributed by atoms with Gasteiger partial charge in [-0.05, 0) is 38.8 Å². The molecule has 1 aromatic heterocycles. The van der Waals surface area contributed by atoms with Crippen molar-refractivity contribution in [3.63, 3.8) is 0 Å². The minimum Gasteiger partial charge on any atom is -0.353 e. The number of hydrogen-bond acceptors (Lipinski definition) is 2. The Labute approximate surface area is 132 Å². The fraction of sp³-hybridized carbons (Fsp3) is 0.647. The molecule has 122 valence electrons. The number of aromatic nitrogens is 1. The van der Waals surface area contributed by atoms with Crippen LogP contribution in [0, 0.1) is 0 Å². The highest BCUT2D eigenvalue weighted by Crippen LogP contribution is 2.28. The maximum Gasteiger partial charge on any atom is 0.242 e. The first-order valence-electron chi connectivity index (χ1n) is 8.13. The number of carbonyl (C=O) groups is 2. The SMILES string of the molecule is CCC(=O)N(CC(=O)N(Cc1cccn1C)C1CC1)C(C)C. The summed E-state index contributed by atoms with van der Waals surface area (Å²) in [5, 5.41) is 0. The predicted octanol–water partition coefficient (Wildman–Crippen LogP) is 2.16. The van der Waals surface area contributed by atoms with Gasteiger partial charge in [-0.1, -0.05) is 6.92 Å². The van der Waals surface area contributed by atoms with Crippen molar-refractivity contribution < 1.29 is 9.59 Å². The van der Waals surface area contributed by atoms with Gasteiger partial charge in [-0.2, -0.15) is 0 Å². The van der Waals surface area contributed by atoms with Crippen LogP contribution in [0.3, 0.4) is 0 Å². The Morgan fingerprint density at radius 3 is 2.45 bits per heavy atom. The molecule has 0 atom stereocenters. The highest BCUT2D eigenvalue weighted by atomic mass is 16.2. The van der Waals surface area contributed by atoms with E-state index in [1.165, 1.54) is 0 Å². The van der Waals surface area contributed by atoms with E-state index in [2.05, 4.69) is 0 Å². The molecule has 22 heavy (non-hydrogen) atoms. The molecule has 0 N–H and O–H groups in total. The molecule has 1 heterocycles. The average Bonchev–Trinajstić information content (AvgIpc) is 3.24. The summed E-state index contributed by atoms with van der Waals surface area (Å²) in [6, 6.07) is 4.42. The second kappa shape index (κ2) is 6.99. The normalized spacial score (nSPS) is 14.2. The molecule has 5 heteroatoms. The summed E-state index contributed by atoms with van der Waals surface area (Å²) in [5.41, 5.74) is 1.12. The van der Waals surface area contributed by atoms with Crippen molar-refractivity contribution in [3.8, 4) is 0 Å². The van der Waals surface area contributed by atoms with Gasteiger partial charge in [0.2, 0.25) is 11.8 Å². The molecule has 0 aromatic carbocycles. The summed E-state index contributed by atoms with van der Waals surface area (Å²) < 4.78 is 2.04. The standard InChI is InChI=1S/C17H27N3O2/c1-5-16(21)19(13(2)3)12-17(22)20(14-8-9-14)11-15-7-6-10-18(15)4/h6-7,10,13-14H,5,8-9,11-12H2,1-4H3. The molecule has 2 rings (SSSR count). The molecular formula is C17H27N3O2. The molecule has 1 aromatic rings. The quantitative estimate of drug-likeness (QED) is 0.775. The van der Waals surface area contributed by atoms with Crippen LogP contribution in [0.25, 0.3) is 0 Å². The Morgan fingerprint density at radius 2 is 2.00 bits per heavy atom. The Morgan fingerprint density at radius 1 is 1.32 bits per heavy atom. The monoisotopic (exact) mass is 305 g/mol. The molecule has 5 nitrogen and oxygen atoms in total. The number of aryl methyl sites for hydroxylation is 1. The fourth-order valence-electron chi connectivity index (χ4n) is 2.64. The molecule has 2 amide bonds. The van der Waals surface area contributed by atoms with Crippen LogP contribution in [0.15, 0.2) is 18.3 Å². The number of rotatable bonds is 7. The van der Waals surface area contributed by atoms with Gasteiger partial charge in [-0.3, -0.25) is 9.59 Å². The van der Waals surface area contributed by atoms with Crippen molar-refractivity contribution in [1.82, 2.24) is 14.4 Å². The number of amides is 2. The predicted molar refractivity (Wildman–Crippen MR) is 86.1 cm³/mol. The van der Waals surface area contributed by atoms with Gasteiger partial charge in [-0.25, -0.2) is 0 Å². The van der Waals surface area contributed by atoms with Gasteiger partial charge in [0.15, 0.2) is 0 Å². The Hall–Kier alpha value is -1.78. The highest BCUT2D eigenvalue weighted by molar-refractivity contribution is 5.85. The lowest BCUT2D eigenvalue weighted by Gasteiger charge is -2.30. The summed E-state index contributed by atoms with van der Waals surface area (Å²) in [4.78, 5) is 28.4. The smallest absolute Gasteiger partial charge is 0.242 e. The average molecular weight is 305 g/mol. The van der Waals surface area contributed by atoms with E-state index in [9.17, 15) is 9.59 Å². The third-order valence-electron chi connectivity index (χ3n) is 4.24. The minimum absolute atomic E-state index is 0.0398. The lowest BCUT2D eigenvalue weighted by atomic mass is 10.2. The van der Waals surface area contributed by atoms with Crippen LogP contribution in [0.4, 0.5) is 0 Å². The lowest BCUT2D eigenvalue weighted by molar-refractivity contribution is -0.142. The summed E-state index contributed by atoms with van der Waals surface area (Å²) in [5.74, 6) is 0.0946. The molecule has 1 aliphatic carbocycles. The largest absolute Gasteiger partial charge is 0.353 e. The van der Waals surface area contributed by atoms with E-state index in [0.717, 1.165) is 18.5 Å². The van der Waals surface area contributed by atoms with Crippen molar-refractivity contribution in [2.24, 2.45) is 7.05 Å². The Kier molecular flexibility index (Phi) is 5.27. The zero-order valence-electron chi connectivity index (χ0n) is 14.1. The minimum atomic E-state index is 0.0398. The third kappa shape index (κ3) is 3.90. The van der Waals surface area contributed by atoms with E-state index in [1.54, 1.807) is 4.90 Å². The van der Waals surface area contributed by atoms with Gasteiger partial charge in [0.25, 0.3) is 0 Å².